The second-order valence-corrected chi connectivity index (χ2v) is 6.76. The molecule has 4 nitrogen and oxygen atoms in total. The van der Waals surface area contributed by atoms with E-state index in [2.05, 4.69) is 33.1 Å². The summed E-state index contributed by atoms with van der Waals surface area (Å²) in [4.78, 5) is 14.8. The highest BCUT2D eigenvalue weighted by atomic mass is 79.9. The van der Waals surface area contributed by atoms with Crippen molar-refractivity contribution in [2.75, 3.05) is 19.6 Å². The van der Waals surface area contributed by atoms with Gasteiger partial charge in [-0.25, -0.2) is 0 Å². The normalized spacial score (nSPS) is 22.0. The first-order valence-electron chi connectivity index (χ1n) is 7.52. The molecule has 2 rings (SSSR count). The lowest BCUT2D eigenvalue weighted by Crippen LogP contribution is -2.51. The Morgan fingerprint density at radius 3 is 2.76 bits per heavy atom. The number of nitrogens with one attached hydrogen (secondary N) is 1. The minimum Gasteiger partial charge on any atom is -0.353 e. The van der Waals surface area contributed by atoms with Crippen LogP contribution in [0.1, 0.15) is 32.3 Å². The minimum atomic E-state index is -1.00. The van der Waals surface area contributed by atoms with Crippen LogP contribution < -0.4 is 11.1 Å². The summed E-state index contributed by atoms with van der Waals surface area (Å²) in [7, 11) is 0. The van der Waals surface area contributed by atoms with Gasteiger partial charge in [0.15, 0.2) is 0 Å². The minimum absolute atomic E-state index is 0.118. The summed E-state index contributed by atoms with van der Waals surface area (Å²) < 4.78 is 0.979. The fraction of sp³-hybridized carbons (Fsp3) is 0.562. The van der Waals surface area contributed by atoms with Crippen LogP contribution in [0.15, 0.2) is 28.7 Å². The van der Waals surface area contributed by atoms with E-state index in [1.165, 1.54) is 6.42 Å². The number of likely N-dealkylation sites (N-methyl/N-ethyl adjacent to an activating group) is 1. The molecule has 1 fully saturated rings. The van der Waals surface area contributed by atoms with Gasteiger partial charge in [0, 0.05) is 17.1 Å². The summed E-state index contributed by atoms with van der Waals surface area (Å²) in [6, 6.07) is 8.03. The van der Waals surface area contributed by atoms with Gasteiger partial charge >= 0.3 is 0 Å². The van der Waals surface area contributed by atoms with Crippen molar-refractivity contribution in [1.29, 1.82) is 0 Å². The number of hydrogen-bond acceptors (Lipinski definition) is 3. The molecule has 2 atom stereocenters. The van der Waals surface area contributed by atoms with Crippen molar-refractivity contribution in [2.24, 2.45) is 5.73 Å². The zero-order valence-corrected chi connectivity index (χ0v) is 14.3. The predicted molar refractivity (Wildman–Crippen MR) is 89.0 cm³/mol. The van der Waals surface area contributed by atoms with E-state index in [-0.39, 0.29) is 5.91 Å². The largest absolute Gasteiger partial charge is 0.353 e. The number of carbonyl (C=O) groups is 1. The molecule has 0 radical (unpaired) electrons. The molecule has 3 N–H and O–H groups in total. The molecule has 0 saturated carbocycles. The van der Waals surface area contributed by atoms with Gasteiger partial charge in [0.1, 0.15) is 5.54 Å². The Hall–Kier alpha value is -0.910. The van der Waals surface area contributed by atoms with Gasteiger partial charge in [-0.15, -0.1) is 0 Å². The van der Waals surface area contributed by atoms with Crippen LogP contribution in [0.2, 0.25) is 0 Å². The summed E-state index contributed by atoms with van der Waals surface area (Å²) in [6.45, 7) is 6.76. The fourth-order valence-corrected chi connectivity index (χ4v) is 3.13. The molecule has 1 saturated heterocycles. The van der Waals surface area contributed by atoms with Crippen LogP contribution in [0.25, 0.3) is 0 Å². The number of likely N-dealkylation sites (tertiary alicyclic amines) is 1. The number of hydrogen-bond donors (Lipinski definition) is 2. The van der Waals surface area contributed by atoms with Crippen molar-refractivity contribution in [3.05, 3.63) is 34.3 Å². The Bertz CT molecular complexity index is 487. The number of benzene rings is 1. The van der Waals surface area contributed by atoms with Crippen LogP contribution in [0, 0.1) is 0 Å². The fourth-order valence-electron chi connectivity index (χ4n) is 2.86. The maximum atomic E-state index is 12.4. The average Bonchev–Trinajstić information content (AvgIpc) is 2.92. The molecule has 5 heteroatoms. The molecule has 1 aromatic carbocycles. The molecule has 0 aliphatic carbocycles. The van der Waals surface area contributed by atoms with Gasteiger partial charge < -0.3 is 11.1 Å². The van der Waals surface area contributed by atoms with E-state index >= 15 is 0 Å². The highest BCUT2D eigenvalue weighted by Crippen LogP contribution is 2.21. The van der Waals surface area contributed by atoms with Crippen LogP contribution >= 0.6 is 15.9 Å². The maximum absolute atomic E-state index is 12.4. The van der Waals surface area contributed by atoms with Crippen LogP contribution in [0.5, 0.6) is 0 Å². The van der Waals surface area contributed by atoms with E-state index in [9.17, 15) is 4.79 Å². The first-order chi connectivity index (χ1) is 9.95. The van der Waals surface area contributed by atoms with E-state index in [1.54, 1.807) is 6.92 Å². The second kappa shape index (κ2) is 6.90. The van der Waals surface area contributed by atoms with Gasteiger partial charge in [0.2, 0.25) is 5.91 Å². The summed E-state index contributed by atoms with van der Waals surface area (Å²) in [5.41, 5.74) is 6.06. The number of amides is 1. The number of halogens is 1. The number of rotatable bonds is 5. The third-order valence-corrected chi connectivity index (χ3v) is 4.85. The maximum Gasteiger partial charge on any atom is 0.244 e. The molecule has 0 bridgehead atoms. The van der Waals surface area contributed by atoms with Crippen molar-refractivity contribution in [1.82, 2.24) is 10.2 Å². The molecule has 1 aliphatic rings. The predicted octanol–water partition coefficient (Wildman–Crippen LogP) is 2.22. The zero-order valence-electron chi connectivity index (χ0n) is 12.7. The molecule has 2 unspecified atom stereocenters. The van der Waals surface area contributed by atoms with Gasteiger partial charge in [0.05, 0.1) is 0 Å². The van der Waals surface area contributed by atoms with Gasteiger partial charge in [-0.3, -0.25) is 9.69 Å². The Morgan fingerprint density at radius 1 is 1.48 bits per heavy atom. The first kappa shape index (κ1) is 16.5. The lowest BCUT2D eigenvalue weighted by atomic mass is 9.92. The Kier molecular flexibility index (Phi) is 5.41. The summed E-state index contributed by atoms with van der Waals surface area (Å²) in [5.74, 6) is -0.118. The van der Waals surface area contributed by atoms with Crippen LogP contribution in [-0.4, -0.2) is 36.5 Å². The molecule has 1 aromatic rings. The van der Waals surface area contributed by atoms with Crippen LogP contribution in [0.4, 0.5) is 0 Å². The number of nitrogens with two attached hydrogens (primary N) is 1. The van der Waals surface area contributed by atoms with Crippen molar-refractivity contribution in [3.63, 3.8) is 0 Å². The Labute approximate surface area is 135 Å². The second-order valence-electron chi connectivity index (χ2n) is 5.84. The Morgan fingerprint density at radius 2 is 2.14 bits per heavy atom. The number of carbonyl (C=O) groups excluding carboxylic acids is 1. The topological polar surface area (TPSA) is 58.4 Å². The number of nitrogens with zero attached hydrogens (tertiary/aromatic N) is 1. The Balaban J connectivity index is 1.97. The van der Waals surface area contributed by atoms with E-state index in [0.29, 0.717) is 12.6 Å². The smallest absolute Gasteiger partial charge is 0.244 e. The molecular formula is C16H24BrN3O. The molecule has 1 aliphatic heterocycles. The van der Waals surface area contributed by atoms with E-state index in [0.717, 1.165) is 29.5 Å². The molecule has 1 amide bonds. The third kappa shape index (κ3) is 3.84. The van der Waals surface area contributed by atoms with Crippen molar-refractivity contribution in [2.45, 2.75) is 38.3 Å². The molecule has 0 spiro atoms. The van der Waals surface area contributed by atoms with Gasteiger partial charge in [0.25, 0.3) is 0 Å². The van der Waals surface area contributed by atoms with Crippen LogP contribution in [-0.2, 0) is 10.3 Å². The van der Waals surface area contributed by atoms with E-state index < -0.39 is 5.54 Å². The molecular weight excluding hydrogens is 330 g/mol. The first-order valence-corrected chi connectivity index (χ1v) is 8.31. The highest BCUT2D eigenvalue weighted by Gasteiger charge is 2.31. The van der Waals surface area contributed by atoms with Crippen molar-refractivity contribution < 1.29 is 4.79 Å². The molecule has 116 valence electrons. The van der Waals surface area contributed by atoms with Gasteiger partial charge in [-0.1, -0.05) is 35.0 Å². The molecule has 21 heavy (non-hydrogen) atoms. The van der Waals surface area contributed by atoms with Crippen molar-refractivity contribution in [3.8, 4) is 0 Å². The quantitative estimate of drug-likeness (QED) is 0.853. The van der Waals surface area contributed by atoms with Crippen LogP contribution in [0.3, 0.4) is 0 Å². The third-order valence-electron chi connectivity index (χ3n) is 4.32. The molecule has 0 aromatic heterocycles. The summed E-state index contributed by atoms with van der Waals surface area (Å²) in [5, 5.41) is 3.02. The van der Waals surface area contributed by atoms with E-state index in [1.807, 2.05) is 24.3 Å². The SMILES string of the molecule is CCN1CCCC1CNC(=O)C(C)(N)c1ccc(Br)cc1. The molecule has 1 heterocycles. The van der Waals surface area contributed by atoms with Crippen molar-refractivity contribution >= 4 is 21.8 Å². The van der Waals surface area contributed by atoms with Gasteiger partial charge in [-0.05, 0) is 50.6 Å². The zero-order chi connectivity index (χ0) is 15.5. The monoisotopic (exact) mass is 353 g/mol. The average molecular weight is 354 g/mol. The summed E-state index contributed by atoms with van der Waals surface area (Å²) >= 11 is 3.39. The van der Waals surface area contributed by atoms with Gasteiger partial charge in [-0.2, -0.15) is 0 Å². The summed E-state index contributed by atoms with van der Waals surface area (Å²) in [6.07, 6.45) is 2.36. The lowest BCUT2D eigenvalue weighted by Gasteiger charge is -2.27. The lowest BCUT2D eigenvalue weighted by molar-refractivity contribution is -0.126. The van der Waals surface area contributed by atoms with E-state index in [4.69, 9.17) is 5.73 Å². The highest BCUT2D eigenvalue weighted by molar-refractivity contribution is 9.10. The standard InChI is InChI=1S/C16H24BrN3O/c1-3-20-10-4-5-14(20)11-19-15(21)16(2,18)12-6-8-13(17)9-7-12/h6-9,14H,3-5,10-11,18H2,1-2H3,(H,19,21).